The fourth-order valence-electron chi connectivity index (χ4n) is 2.40. The standard InChI is InChI=1S/C17H30N2O2/c1-13-6-7-16(10-14(13)2)17(18)11-19(8-9-20-4)15(3)12-21-5/h6-7,10,15,17H,8-9,11-12,18H2,1-5H3. The van der Waals surface area contributed by atoms with Crippen LogP contribution in [0.1, 0.15) is 29.7 Å². The van der Waals surface area contributed by atoms with E-state index in [9.17, 15) is 0 Å². The Morgan fingerprint density at radius 3 is 2.43 bits per heavy atom. The molecule has 0 heterocycles. The molecule has 0 bridgehead atoms. The third kappa shape index (κ3) is 5.75. The summed E-state index contributed by atoms with van der Waals surface area (Å²) in [5, 5.41) is 0. The average Bonchev–Trinajstić information content (AvgIpc) is 2.46. The minimum Gasteiger partial charge on any atom is -0.383 e. The molecular formula is C17H30N2O2. The monoisotopic (exact) mass is 294 g/mol. The van der Waals surface area contributed by atoms with Crippen molar-refractivity contribution < 1.29 is 9.47 Å². The second-order valence-corrected chi connectivity index (χ2v) is 5.74. The molecule has 2 N–H and O–H groups in total. The summed E-state index contributed by atoms with van der Waals surface area (Å²) in [5.74, 6) is 0. The molecule has 0 aliphatic heterocycles. The predicted octanol–water partition coefficient (Wildman–Crippen LogP) is 2.29. The van der Waals surface area contributed by atoms with Gasteiger partial charge in [-0.05, 0) is 37.5 Å². The molecule has 0 aromatic heterocycles. The van der Waals surface area contributed by atoms with E-state index in [2.05, 4.69) is 43.9 Å². The van der Waals surface area contributed by atoms with E-state index in [0.717, 1.165) is 13.1 Å². The number of nitrogens with two attached hydrogens (primary N) is 1. The maximum atomic E-state index is 6.40. The van der Waals surface area contributed by atoms with Crippen LogP contribution in [-0.4, -0.2) is 51.5 Å². The molecule has 0 amide bonds. The lowest BCUT2D eigenvalue weighted by molar-refractivity contribution is 0.0714. The summed E-state index contributed by atoms with van der Waals surface area (Å²) in [6.07, 6.45) is 0. The van der Waals surface area contributed by atoms with E-state index in [0.29, 0.717) is 19.3 Å². The SMILES string of the molecule is COCCN(CC(N)c1ccc(C)c(C)c1)C(C)COC. The number of benzene rings is 1. The largest absolute Gasteiger partial charge is 0.383 e. The topological polar surface area (TPSA) is 47.7 Å². The van der Waals surface area contributed by atoms with E-state index in [1.165, 1.54) is 16.7 Å². The Bertz CT molecular complexity index is 423. The lowest BCUT2D eigenvalue weighted by Gasteiger charge is -2.31. The number of hydrogen-bond acceptors (Lipinski definition) is 4. The van der Waals surface area contributed by atoms with Gasteiger partial charge in [0.2, 0.25) is 0 Å². The zero-order chi connectivity index (χ0) is 15.8. The molecule has 1 aromatic carbocycles. The first-order chi connectivity index (χ1) is 9.99. The molecule has 0 radical (unpaired) electrons. The molecule has 21 heavy (non-hydrogen) atoms. The first-order valence-electron chi connectivity index (χ1n) is 7.54. The highest BCUT2D eigenvalue weighted by Crippen LogP contribution is 2.17. The van der Waals surface area contributed by atoms with E-state index in [-0.39, 0.29) is 6.04 Å². The minimum atomic E-state index is 0.000428. The van der Waals surface area contributed by atoms with Crippen LogP contribution in [0.15, 0.2) is 18.2 Å². The van der Waals surface area contributed by atoms with Crippen LogP contribution in [0.25, 0.3) is 0 Å². The fourth-order valence-corrected chi connectivity index (χ4v) is 2.40. The van der Waals surface area contributed by atoms with E-state index in [1.54, 1.807) is 14.2 Å². The highest BCUT2D eigenvalue weighted by atomic mass is 16.5. The minimum absolute atomic E-state index is 0.000428. The molecule has 0 aliphatic carbocycles. The van der Waals surface area contributed by atoms with E-state index >= 15 is 0 Å². The van der Waals surface area contributed by atoms with Crippen LogP contribution >= 0.6 is 0 Å². The Balaban J connectivity index is 2.73. The molecule has 1 rings (SSSR count). The smallest absolute Gasteiger partial charge is 0.0615 e. The van der Waals surface area contributed by atoms with Gasteiger partial charge in [-0.25, -0.2) is 0 Å². The first kappa shape index (κ1) is 18.1. The van der Waals surface area contributed by atoms with Gasteiger partial charge in [-0.15, -0.1) is 0 Å². The molecule has 120 valence electrons. The number of aryl methyl sites for hydroxylation is 2. The second kappa shape index (κ2) is 9.15. The van der Waals surface area contributed by atoms with Gasteiger partial charge in [-0.3, -0.25) is 4.90 Å². The Kier molecular flexibility index (Phi) is 7.89. The first-order valence-corrected chi connectivity index (χ1v) is 7.54. The van der Waals surface area contributed by atoms with Crippen molar-refractivity contribution in [1.82, 2.24) is 4.90 Å². The zero-order valence-electron chi connectivity index (χ0n) is 14.1. The van der Waals surface area contributed by atoms with E-state index in [4.69, 9.17) is 15.2 Å². The van der Waals surface area contributed by atoms with Gasteiger partial charge in [0.05, 0.1) is 13.2 Å². The number of nitrogens with zero attached hydrogens (tertiary/aromatic N) is 1. The molecule has 0 saturated carbocycles. The second-order valence-electron chi connectivity index (χ2n) is 5.74. The van der Waals surface area contributed by atoms with E-state index in [1.807, 2.05) is 0 Å². The summed E-state index contributed by atoms with van der Waals surface area (Å²) in [6.45, 7) is 9.47. The van der Waals surface area contributed by atoms with Gasteiger partial charge in [-0.1, -0.05) is 18.2 Å². The van der Waals surface area contributed by atoms with E-state index < -0.39 is 0 Å². The van der Waals surface area contributed by atoms with Crippen molar-refractivity contribution in [2.45, 2.75) is 32.9 Å². The summed E-state index contributed by atoms with van der Waals surface area (Å²) in [6, 6.07) is 6.78. The molecular weight excluding hydrogens is 264 g/mol. The Labute approximate surface area is 129 Å². The average molecular weight is 294 g/mol. The van der Waals surface area contributed by atoms with Crippen LogP contribution in [-0.2, 0) is 9.47 Å². The Morgan fingerprint density at radius 2 is 1.86 bits per heavy atom. The Hall–Kier alpha value is -0.940. The van der Waals surface area contributed by atoms with Crippen molar-refractivity contribution in [3.05, 3.63) is 34.9 Å². The van der Waals surface area contributed by atoms with Gasteiger partial charge in [0.1, 0.15) is 0 Å². The molecule has 2 unspecified atom stereocenters. The molecule has 0 saturated heterocycles. The van der Waals surface area contributed by atoms with Gasteiger partial charge in [0.15, 0.2) is 0 Å². The molecule has 4 heteroatoms. The van der Waals surface area contributed by atoms with Crippen molar-refractivity contribution in [2.24, 2.45) is 5.73 Å². The zero-order valence-corrected chi connectivity index (χ0v) is 14.1. The summed E-state index contributed by atoms with van der Waals surface area (Å²) >= 11 is 0. The Morgan fingerprint density at radius 1 is 1.14 bits per heavy atom. The third-order valence-electron chi connectivity index (χ3n) is 4.00. The quantitative estimate of drug-likeness (QED) is 0.759. The van der Waals surface area contributed by atoms with Gasteiger partial charge >= 0.3 is 0 Å². The third-order valence-corrected chi connectivity index (χ3v) is 4.00. The predicted molar refractivity (Wildman–Crippen MR) is 87.6 cm³/mol. The maximum Gasteiger partial charge on any atom is 0.0615 e. The number of methoxy groups -OCH3 is 2. The van der Waals surface area contributed by atoms with Crippen LogP contribution in [0.5, 0.6) is 0 Å². The van der Waals surface area contributed by atoms with Crippen molar-refractivity contribution in [3.8, 4) is 0 Å². The number of rotatable bonds is 9. The molecule has 0 fully saturated rings. The summed E-state index contributed by atoms with van der Waals surface area (Å²) < 4.78 is 10.5. The van der Waals surface area contributed by atoms with Crippen LogP contribution < -0.4 is 5.73 Å². The van der Waals surface area contributed by atoms with Gasteiger partial charge in [-0.2, -0.15) is 0 Å². The molecule has 2 atom stereocenters. The lowest BCUT2D eigenvalue weighted by atomic mass is 10.0. The highest BCUT2D eigenvalue weighted by Gasteiger charge is 2.18. The van der Waals surface area contributed by atoms with Crippen LogP contribution in [0.2, 0.25) is 0 Å². The molecule has 4 nitrogen and oxygen atoms in total. The fraction of sp³-hybridized carbons (Fsp3) is 0.647. The van der Waals surface area contributed by atoms with Gasteiger partial charge < -0.3 is 15.2 Å². The van der Waals surface area contributed by atoms with Crippen molar-refractivity contribution in [1.29, 1.82) is 0 Å². The van der Waals surface area contributed by atoms with Gasteiger partial charge in [0.25, 0.3) is 0 Å². The molecule has 1 aromatic rings. The van der Waals surface area contributed by atoms with Gasteiger partial charge in [0, 0.05) is 39.4 Å². The van der Waals surface area contributed by atoms with Crippen molar-refractivity contribution >= 4 is 0 Å². The van der Waals surface area contributed by atoms with Crippen molar-refractivity contribution in [2.75, 3.05) is 40.5 Å². The lowest BCUT2D eigenvalue weighted by Crippen LogP contribution is -2.42. The summed E-state index contributed by atoms with van der Waals surface area (Å²) in [4.78, 5) is 2.33. The van der Waals surface area contributed by atoms with Crippen LogP contribution in [0.3, 0.4) is 0 Å². The molecule has 0 aliphatic rings. The van der Waals surface area contributed by atoms with Crippen molar-refractivity contribution in [3.63, 3.8) is 0 Å². The highest BCUT2D eigenvalue weighted by molar-refractivity contribution is 5.31. The van der Waals surface area contributed by atoms with Crippen LogP contribution in [0.4, 0.5) is 0 Å². The normalized spacial score (nSPS) is 14.4. The van der Waals surface area contributed by atoms with Crippen LogP contribution in [0, 0.1) is 13.8 Å². The summed E-state index contributed by atoms with van der Waals surface area (Å²) in [5.41, 5.74) is 10.2. The number of hydrogen-bond donors (Lipinski definition) is 1. The maximum absolute atomic E-state index is 6.40. The molecule has 0 spiro atoms. The number of ether oxygens (including phenoxy) is 2. The summed E-state index contributed by atoms with van der Waals surface area (Å²) in [7, 11) is 3.46.